The van der Waals surface area contributed by atoms with E-state index in [0.29, 0.717) is 12.1 Å². The third kappa shape index (κ3) is 6.49. The molecule has 0 saturated carbocycles. The Morgan fingerprint density at radius 1 is 1.06 bits per heavy atom. The number of rotatable bonds is 10. The van der Waals surface area contributed by atoms with Gasteiger partial charge in [0.25, 0.3) is 0 Å². The summed E-state index contributed by atoms with van der Waals surface area (Å²) in [6.45, 7) is 14.9. The maximum absolute atomic E-state index is 3.67. The van der Waals surface area contributed by atoms with Gasteiger partial charge < -0.3 is 5.32 Å². The van der Waals surface area contributed by atoms with Gasteiger partial charge in [0, 0.05) is 18.6 Å². The Labute approximate surface area is 103 Å². The molecule has 2 nitrogen and oxygen atoms in total. The molecule has 0 rings (SSSR count). The lowest BCUT2D eigenvalue weighted by molar-refractivity contribution is 0.187. The van der Waals surface area contributed by atoms with Crippen LogP contribution in [0.1, 0.15) is 60.3 Å². The highest BCUT2D eigenvalue weighted by atomic mass is 15.2. The lowest BCUT2D eigenvalue weighted by Gasteiger charge is -2.31. The van der Waals surface area contributed by atoms with Crippen molar-refractivity contribution in [3.05, 3.63) is 0 Å². The lowest BCUT2D eigenvalue weighted by Crippen LogP contribution is -2.44. The van der Waals surface area contributed by atoms with E-state index in [1.165, 1.54) is 38.8 Å². The molecule has 0 fully saturated rings. The first-order valence-corrected chi connectivity index (χ1v) is 7.16. The van der Waals surface area contributed by atoms with Crippen LogP contribution in [0.5, 0.6) is 0 Å². The summed E-state index contributed by atoms with van der Waals surface area (Å²) >= 11 is 0. The standard InChI is InChI=1S/C14H32N2/c1-6-10-14(15-11-7-2)12-16(9-4)13(5)8-3/h13-15H,6-12H2,1-5H3. The Hall–Kier alpha value is -0.0800. The van der Waals surface area contributed by atoms with E-state index in [-0.39, 0.29) is 0 Å². The largest absolute Gasteiger partial charge is 0.313 e. The molecular formula is C14H32N2. The summed E-state index contributed by atoms with van der Waals surface area (Å²) in [5, 5.41) is 3.67. The van der Waals surface area contributed by atoms with Crippen molar-refractivity contribution in [2.24, 2.45) is 0 Å². The van der Waals surface area contributed by atoms with Crippen molar-refractivity contribution < 1.29 is 0 Å². The monoisotopic (exact) mass is 228 g/mol. The van der Waals surface area contributed by atoms with Crippen molar-refractivity contribution in [1.29, 1.82) is 0 Å². The van der Waals surface area contributed by atoms with Crippen LogP contribution in [-0.4, -0.2) is 36.6 Å². The molecule has 0 spiro atoms. The van der Waals surface area contributed by atoms with Gasteiger partial charge in [-0.1, -0.05) is 34.1 Å². The summed E-state index contributed by atoms with van der Waals surface area (Å²) in [4.78, 5) is 2.60. The predicted octanol–water partition coefficient (Wildman–Crippen LogP) is 3.28. The van der Waals surface area contributed by atoms with E-state index in [4.69, 9.17) is 0 Å². The van der Waals surface area contributed by atoms with E-state index in [1.54, 1.807) is 0 Å². The highest BCUT2D eigenvalue weighted by Gasteiger charge is 2.15. The van der Waals surface area contributed by atoms with E-state index >= 15 is 0 Å². The van der Waals surface area contributed by atoms with Gasteiger partial charge in [0.2, 0.25) is 0 Å². The SMILES string of the molecule is CCCNC(CCC)CN(CC)C(C)CC. The van der Waals surface area contributed by atoms with Crippen molar-refractivity contribution >= 4 is 0 Å². The van der Waals surface area contributed by atoms with Crippen LogP contribution in [0, 0.1) is 0 Å². The molecule has 2 heteroatoms. The minimum absolute atomic E-state index is 0.680. The Morgan fingerprint density at radius 3 is 2.19 bits per heavy atom. The molecule has 0 aliphatic carbocycles. The van der Waals surface area contributed by atoms with Gasteiger partial charge in [-0.05, 0) is 39.3 Å². The zero-order valence-electron chi connectivity index (χ0n) is 12.1. The average molecular weight is 228 g/mol. The summed E-state index contributed by atoms with van der Waals surface area (Å²) < 4.78 is 0. The highest BCUT2D eigenvalue weighted by Crippen LogP contribution is 2.07. The molecule has 0 aromatic carbocycles. The summed E-state index contributed by atoms with van der Waals surface area (Å²) in [6.07, 6.45) is 5.06. The third-order valence-electron chi connectivity index (χ3n) is 3.40. The van der Waals surface area contributed by atoms with E-state index in [9.17, 15) is 0 Å². The van der Waals surface area contributed by atoms with Gasteiger partial charge in [-0.2, -0.15) is 0 Å². The molecule has 0 amide bonds. The molecule has 2 atom stereocenters. The van der Waals surface area contributed by atoms with Crippen LogP contribution in [0.2, 0.25) is 0 Å². The van der Waals surface area contributed by atoms with E-state index in [2.05, 4.69) is 44.8 Å². The van der Waals surface area contributed by atoms with Crippen LogP contribution >= 0.6 is 0 Å². The Balaban J connectivity index is 4.10. The van der Waals surface area contributed by atoms with Crippen molar-refractivity contribution in [2.45, 2.75) is 72.4 Å². The predicted molar refractivity (Wildman–Crippen MR) is 74.0 cm³/mol. The second-order valence-electron chi connectivity index (χ2n) is 4.78. The van der Waals surface area contributed by atoms with Crippen LogP contribution < -0.4 is 5.32 Å². The van der Waals surface area contributed by atoms with Crippen LogP contribution in [0.25, 0.3) is 0 Å². The van der Waals surface area contributed by atoms with E-state index in [1.807, 2.05) is 0 Å². The molecule has 1 N–H and O–H groups in total. The molecule has 0 radical (unpaired) electrons. The van der Waals surface area contributed by atoms with Crippen molar-refractivity contribution in [3.8, 4) is 0 Å². The quantitative estimate of drug-likeness (QED) is 0.617. The second-order valence-corrected chi connectivity index (χ2v) is 4.78. The highest BCUT2D eigenvalue weighted by molar-refractivity contribution is 4.74. The van der Waals surface area contributed by atoms with Gasteiger partial charge >= 0.3 is 0 Å². The molecule has 0 aliphatic heterocycles. The minimum Gasteiger partial charge on any atom is -0.313 e. The fourth-order valence-corrected chi connectivity index (χ4v) is 2.12. The van der Waals surface area contributed by atoms with Crippen molar-refractivity contribution in [3.63, 3.8) is 0 Å². The molecule has 0 aromatic heterocycles. The van der Waals surface area contributed by atoms with Gasteiger partial charge in [-0.3, -0.25) is 4.90 Å². The van der Waals surface area contributed by atoms with Crippen LogP contribution in [0.3, 0.4) is 0 Å². The summed E-state index contributed by atoms with van der Waals surface area (Å²) in [5.41, 5.74) is 0. The van der Waals surface area contributed by atoms with Crippen LogP contribution in [0.15, 0.2) is 0 Å². The summed E-state index contributed by atoms with van der Waals surface area (Å²) in [7, 11) is 0. The van der Waals surface area contributed by atoms with Gasteiger partial charge in [-0.15, -0.1) is 0 Å². The molecule has 2 unspecified atom stereocenters. The van der Waals surface area contributed by atoms with Crippen LogP contribution in [0.4, 0.5) is 0 Å². The van der Waals surface area contributed by atoms with Crippen molar-refractivity contribution in [1.82, 2.24) is 10.2 Å². The normalized spacial score (nSPS) is 15.4. The first kappa shape index (κ1) is 15.9. The number of hydrogen-bond acceptors (Lipinski definition) is 2. The van der Waals surface area contributed by atoms with Gasteiger partial charge in [0.1, 0.15) is 0 Å². The molecule has 98 valence electrons. The fourth-order valence-electron chi connectivity index (χ4n) is 2.12. The van der Waals surface area contributed by atoms with Gasteiger partial charge in [0.05, 0.1) is 0 Å². The van der Waals surface area contributed by atoms with E-state index in [0.717, 1.165) is 6.54 Å². The van der Waals surface area contributed by atoms with E-state index < -0.39 is 0 Å². The average Bonchev–Trinajstić information content (AvgIpc) is 2.31. The number of likely N-dealkylation sites (N-methyl/N-ethyl adjacent to an activating group) is 1. The summed E-state index contributed by atoms with van der Waals surface area (Å²) in [5.74, 6) is 0. The number of nitrogens with one attached hydrogen (secondary N) is 1. The van der Waals surface area contributed by atoms with Crippen LogP contribution in [-0.2, 0) is 0 Å². The first-order chi connectivity index (χ1) is 7.69. The number of hydrogen-bond donors (Lipinski definition) is 1. The molecular weight excluding hydrogens is 196 g/mol. The number of nitrogens with zero attached hydrogens (tertiary/aromatic N) is 1. The fraction of sp³-hybridized carbons (Fsp3) is 1.00. The molecule has 0 aliphatic rings. The zero-order chi connectivity index (χ0) is 12.4. The second kappa shape index (κ2) is 10.1. The van der Waals surface area contributed by atoms with Crippen molar-refractivity contribution in [2.75, 3.05) is 19.6 Å². The molecule has 0 aromatic rings. The minimum atomic E-state index is 0.680. The third-order valence-corrected chi connectivity index (χ3v) is 3.40. The lowest BCUT2D eigenvalue weighted by atomic mass is 10.1. The molecule has 0 saturated heterocycles. The Morgan fingerprint density at radius 2 is 1.75 bits per heavy atom. The zero-order valence-corrected chi connectivity index (χ0v) is 12.1. The molecule has 0 heterocycles. The van der Waals surface area contributed by atoms with Gasteiger partial charge in [0.15, 0.2) is 0 Å². The maximum atomic E-state index is 3.67. The first-order valence-electron chi connectivity index (χ1n) is 7.16. The topological polar surface area (TPSA) is 15.3 Å². The smallest absolute Gasteiger partial charge is 0.0195 e. The molecule has 0 bridgehead atoms. The van der Waals surface area contributed by atoms with Gasteiger partial charge in [-0.25, -0.2) is 0 Å². The summed E-state index contributed by atoms with van der Waals surface area (Å²) in [6, 6.07) is 1.40. The maximum Gasteiger partial charge on any atom is 0.0195 e. The molecule has 16 heavy (non-hydrogen) atoms. The Bertz CT molecular complexity index is 148. The Kier molecular flexibility index (Phi) is 10.0.